The molecule has 0 aliphatic carbocycles. The molecule has 0 fully saturated rings. The van der Waals surface area contributed by atoms with Crippen LogP contribution < -0.4 is 20.5 Å². The van der Waals surface area contributed by atoms with E-state index >= 15 is 0 Å². The number of ether oxygens (including phenoxy) is 2. The van der Waals surface area contributed by atoms with Gasteiger partial charge in [-0.25, -0.2) is 0 Å². The molecule has 0 heterocycles. The second-order valence-electron chi connectivity index (χ2n) is 3.60. The van der Waals surface area contributed by atoms with Gasteiger partial charge in [-0.05, 0) is 6.07 Å². The van der Waals surface area contributed by atoms with Gasteiger partial charge in [0.1, 0.15) is 0 Å². The van der Waals surface area contributed by atoms with E-state index in [-0.39, 0.29) is 17.9 Å². The van der Waals surface area contributed by atoms with Gasteiger partial charge in [0, 0.05) is 17.8 Å². The molecule has 1 aromatic rings. The molecule has 7 heteroatoms. The number of halogens is 1. The fourth-order valence-corrected chi connectivity index (χ4v) is 1.84. The highest BCUT2D eigenvalue weighted by atomic mass is 79.9. The van der Waals surface area contributed by atoms with Crippen LogP contribution in [0.15, 0.2) is 12.1 Å². The molecule has 0 spiro atoms. The van der Waals surface area contributed by atoms with Crippen molar-refractivity contribution in [3.05, 3.63) is 17.7 Å². The predicted molar refractivity (Wildman–Crippen MR) is 75.1 cm³/mol. The molecule has 0 aliphatic heterocycles. The first-order valence-electron chi connectivity index (χ1n) is 5.45. The van der Waals surface area contributed by atoms with Crippen molar-refractivity contribution in [1.82, 2.24) is 0 Å². The highest BCUT2D eigenvalue weighted by Gasteiger charge is 2.16. The molecule has 0 unspecified atom stereocenters. The molecule has 2 amide bonds. The van der Waals surface area contributed by atoms with Crippen LogP contribution in [0.1, 0.15) is 16.8 Å². The number of rotatable bonds is 6. The third-order valence-corrected chi connectivity index (χ3v) is 2.78. The van der Waals surface area contributed by atoms with E-state index in [1.54, 1.807) is 0 Å². The Kier molecular flexibility index (Phi) is 5.62. The van der Waals surface area contributed by atoms with Crippen molar-refractivity contribution in [2.24, 2.45) is 5.73 Å². The zero-order valence-corrected chi connectivity index (χ0v) is 12.2. The first-order chi connectivity index (χ1) is 9.03. The summed E-state index contributed by atoms with van der Waals surface area (Å²) in [5, 5.41) is 3.14. The first kappa shape index (κ1) is 15.3. The topological polar surface area (TPSA) is 90.6 Å². The van der Waals surface area contributed by atoms with Crippen LogP contribution in [-0.4, -0.2) is 31.4 Å². The number of hydrogen-bond donors (Lipinski definition) is 2. The van der Waals surface area contributed by atoms with Crippen LogP contribution in [-0.2, 0) is 4.79 Å². The molecule has 0 radical (unpaired) electrons. The second kappa shape index (κ2) is 6.98. The predicted octanol–water partition coefficient (Wildman–Crippen LogP) is 1.53. The van der Waals surface area contributed by atoms with Crippen molar-refractivity contribution < 1.29 is 19.1 Å². The van der Waals surface area contributed by atoms with Crippen molar-refractivity contribution in [3.8, 4) is 11.5 Å². The largest absolute Gasteiger partial charge is 0.493 e. The van der Waals surface area contributed by atoms with Crippen LogP contribution in [0, 0.1) is 0 Å². The summed E-state index contributed by atoms with van der Waals surface area (Å²) >= 11 is 3.16. The lowest BCUT2D eigenvalue weighted by Crippen LogP contribution is -2.18. The minimum atomic E-state index is -0.657. The quantitative estimate of drug-likeness (QED) is 0.774. The Labute approximate surface area is 119 Å². The lowest BCUT2D eigenvalue weighted by Gasteiger charge is -2.13. The second-order valence-corrected chi connectivity index (χ2v) is 4.40. The Bertz CT molecular complexity index is 491. The number of anilines is 1. The van der Waals surface area contributed by atoms with Gasteiger partial charge in [0.05, 0.1) is 25.5 Å². The lowest BCUT2D eigenvalue weighted by molar-refractivity contribution is -0.115. The molecule has 1 aromatic carbocycles. The number of nitrogens with one attached hydrogen (secondary N) is 1. The van der Waals surface area contributed by atoms with Crippen molar-refractivity contribution in [3.63, 3.8) is 0 Å². The van der Waals surface area contributed by atoms with Gasteiger partial charge in [0.2, 0.25) is 5.91 Å². The summed E-state index contributed by atoms with van der Waals surface area (Å²) in [5.41, 5.74) is 5.75. The minimum Gasteiger partial charge on any atom is -0.493 e. The molecule has 19 heavy (non-hydrogen) atoms. The third kappa shape index (κ3) is 3.85. The molecule has 0 aliphatic rings. The maximum absolute atomic E-state index is 11.6. The molecule has 1 rings (SSSR count). The first-order valence-corrected chi connectivity index (χ1v) is 6.57. The summed E-state index contributed by atoms with van der Waals surface area (Å²) in [4.78, 5) is 23.0. The van der Waals surface area contributed by atoms with E-state index in [0.717, 1.165) is 0 Å². The molecular formula is C12H15BrN2O4. The molecular weight excluding hydrogens is 316 g/mol. The molecule has 0 saturated heterocycles. The van der Waals surface area contributed by atoms with E-state index in [1.807, 2.05) is 0 Å². The van der Waals surface area contributed by atoms with Crippen molar-refractivity contribution in [1.29, 1.82) is 0 Å². The van der Waals surface area contributed by atoms with Gasteiger partial charge >= 0.3 is 0 Å². The van der Waals surface area contributed by atoms with Crippen molar-refractivity contribution >= 4 is 33.4 Å². The fourth-order valence-electron chi connectivity index (χ4n) is 1.48. The van der Waals surface area contributed by atoms with Gasteiger partial charge in [-0.1, -0.05) is 15.9 Å². The average molecular weight is 331 g/mol. The van der Waals surface area contributed by atoms with Gasteiger partial charge in [0.15, 0.2) is 11.5 Å². The Morgan fingerprint density at radius 1 is 1.26 bits per heavy atom. The molecule has 6 nitrogen and oxygen atoms in total. The number of nitrogens with two attached hydrogens (primary N) is 1. The van der Waals surface area contributed by atoms with Crippen LogP contribution in [0.5, 0.6) is 11.5 Å². The molecule has 3 N–H and O–H groups in total. The highest BCUT2D eigenvalue weighted by molar-refractivity contribution is 9.09. The Balaban J connectivity index is 3.19. The zero-order chi connectivity index (χ0) is 14.4. The minimum absolute atomic E-state index is 0.167. The number of hydrogen-bond acceptors (Lipinski definition) is 4. The summed E-state index contributed by atoms with van der Waals surface area (Å²) < 4.78 is 10.2. The number of carbonyl (C=O) groups excluding carboxylic acids is 2. The summed E-state index contributed by atoms with van der Waals surface area (Å²) in [6.45, 7) is 0. The van der Waals surface area contributed by atoms with Crippen LogP contribution in [0.25, 0.3) is 0 Å². The van der Waals surface area contributed by atoms with Crippen LogP contribution >= 0.6 is 15.9 Å². The number of benzene rings is 1. The highest BCUT2D eigenvalue weighted by Crippen LogP contribution is 2.33. The third-order valence-electron chi connectivity index (χ3n) is 2.38. The zero-order valence-electron chi connectivity index (χ0n) is 10.7. The maximum atomic E-state index is 11.6. The summed E-state index contributed by atoms with van der Waals surface area (Å²) in [7, 11) is 2.91. The van der Waals surface area contributed by atoms with Gasteiger partial charge in [-0.3, -0.25) is 9.59 Å². The number of methoxy groups -OCH3 is 2. The standard InChI is InChI=1S/C12H15BrN2O4/c1-18-9-5-7(12(14)17)8(6-10(9)19-2)15-11(16)3-4-13/h5-6H,3-4H2,1-2H3,(H2,14,17)(H,15,16). The van der Waals surface area contributed by atoms with Gasteiger partial charge in [-0.15, -0.1) is 0 Å². The summed E-state index contributed by atoms with van der Waals surface area (Å²) in [6.07, 6.45) is 0.284. The SMILES string of the molecule is COc1cc(NC(=O)CCBr)c(C(N)=O)cc1OC. The summed E-state index contributed by atoms with van der Waals surface area (Å²) in [5.74, 6) is -0.113. The van der Waals surface area contributed by atoms with E-state index in [9.17, 15) is 9.59 Å². The van der Waals surface area contributed by atoms with Crippen LogP contribution in [0.3, 0.4) is 0 Å². The normalized spacial score (nSPS) is 9.84. The molecule has 0 atom stereocenters. The lowest BCUT2D eigenvalue weighted by atomic mass is 10.1. The Morgan fingerprint density at radius 2 is 1.84 bits per heavy atom. The van der Waals surface area contributed by atoms with Gasteiger partial charge in [0.25, 0.3) is 5.91 Å². The number of carbonyl (C=O) groups is 2. The van der Waals surface area contributed by atoms with E-state index < -0.39 is 5.91 Å². The Morgan fingerprint density at radius 3 is 2.32 bits per heavy atom. The number of alkyl halides is 1. The van der Waals surface area contributed by atoms with E-state index in [1.165, 1.54) is 26.4 Å². The number of primary amides is 1. The summed E-state index contributed by atoms with van der Waals surface area (Å²) in [6, 6.07) is 2.94. The van der Waals surface area contributed by atoms with E-state index in [4.69, 9.17) is 15.2 Å². The molecule has 0 bridgehead atoms. The molecule has 0 aromatic heterocycles. The monoisotopic (exact) mass is 330 g/mol. The fraction of sp³-hybridized carbons (Fsp3) is 0.333. The average Bonchev–Trinajstić information content (AvgIpc) is 2.38. The smallest absolute Gasteiger partial charge is 0.250 e. The molecule has 104 valence electrons. The van der Waals surface area contributed by atoms with Crippen molar-refractivity contribution in [2.45, 2.75) is 6.42 Å². The van der Waals surface area contributed by atoms with E-state index in [2.05, 4.69) is 21.2 Å². The van der Waals surface area contributed by atoms with Crippen LogP contribution in [0.2, 0.25) is 0 Å². The maximum Gasteiger partial charge on any atom is 0.250 e. The Hall–Kier alpha value is -1.76. The van der Waals surface area contributed by atoms with Crippen LogP contribution in [0.4, 0.5) is 5.69 Å². The van der Waals surface area contributed by atoms with E-state index in [0.29, 0.717) is 22.5 Å². The van der Waals surface area contributed by atoms with Gasteiger partial charge in [-0.2, -0.15) is 0 Å². The molecule has 0 saturated carbocycles. The van der Waals surface area contributed by atoms with Crippen molar-refractivity contribution in [2.75, 3.05) is 24.9 Å². The van der Waals surface area contributed by atoms with Gasteiger partial charge < -0.3 is 20.5 Å². The number of amides is 2.